The van der Waals surface area contributed by atoms with Crippen molar-refractivity contribution in [1.29, 1.82) is 0 Å². The van der Waals surface area contributed by atoms with Crippen LogP contribution < -0.4 is 5.56 Å². The molecule has 3 heterocycles. The number of rotatable bonds is 6. The number of benzene rings is 1. The molecule has 1 atom stereocenters. The summed E-state index contributed by atoms with van der Waals surface area (Å²) in [5.74, 6) is 0.000116. The number of nitrogens with one attached hydrogen (secondary N) is 1. The number of thioether (sulfide) groups is 1. The molecule has 2 aromatic heterocycles. The minimum atomic E-state index is -3.08. The number of hydrogen-bond donors (Lipinski definition) is 1. The average Bonchev–Trinajstić information content (AvgIpc) is 3.31. The fourth-order valence-electron chi connectivity index (χ4n) is 3.60. The van der Waals surface area contributed by atoms with Gasteiger partial charge >= 0.3 is 0 Å². The number of H-pyrrole nitrogens is 1. The van der Waals surface area contributed by atoms with E-state index in [0.717, 1.165) is 17.4 Å². The molecule has 0 bridgehead atoms. The number of para-hydroxylation sites is 1. The first-order chi connectivity index (χ1) is 14.4. The van der Waals surface area contributed by atoms with Crippen molar-refractivity contribution in [1.82, 2.24) is 24.6 Å². The van der Waals surface area contributed by atoms with Gasteiger partial charge in [0.25, 0.3) is 5.56 Å². The van der Waals surface area contributed by atoms with E-state index in [0.29, 0.717) is 29.2 Å². The monoisotopic (exact) mass is 447 g/mol. The van der Waals surface area contributed by atoms with Crippen molar-refractivity contribution in [3.05, 3.63) is 46.9 Å². The summed E-state index contributed by atoms with van der Waals surface area (Å²) in [5, 5.41) is 4.94. The Morgan fingerprint density at radius 2 is 2.10 bits per heavy atom. The normalized spacial score (nSPS) is 18.0. The van der Waals surface area contributed by atoms with Crippen molar-refractivity contribution in [2.24, 2.45) is 0 Å². The predicted octanol–water partition coefficient (Wildman–Crippen LogP) is 1.24. The molecule has 11 heteroatoms. The van der Waals surface area contributed by atoms with E-state index in [2.05, 4.69) is 15.1 Å². The number of carbonyl (C=O) groups is 1. The van der Waals surface area contributed by atoms with Gasteiger partial charge in [0.15, 0.2) is 20.6 Å². The van der Waals surface area contributed by atoms with Gasteiger partial charge in [0, 0.05) is 12.6 Å². The van der Waals surface area contributed by atoms with Gasteiger partial charge in [0.2, 0.25) is 5.91 Å². The second-order valence-corrected chi connectivity index (χ2v) is 10.2. The first-order valence-electron chi connectivity index (χ1n) is 9.54. The van der Waals surface area contributed by atoms with Gasteiger partial charge in [-0.15, -0.1) is 0 Å². The smallest absolute Gasteiger partial charge is 0.262 e. The first kappa shape index (κ1) is 20.6. The number of fused-ring (bicyclic) bond motifs is 1. The number of carbonyl (C=O) groups excluding carboxylic acids is 1. The van der Waals surface area contributed by atoms with Crippen molar-refractivity contribution in [3.63, 3.8) is 0 Å². The average molecular weight is 448 g/mol. The maximum atomic E-state index is 12.7. The maximum absolute atomic E-state index is 12.7. The third kappa shape index (κ3) is 4.12. The molecule has 1 unspecified atom stereocenters. The Hall–Kier alpha value is -2.66. The van der Waals surface area contributed by atoms with E-state index in [-0.39, 0.29) is 34.8 Å². The molecule has 1 aromatic carbocycles. The van der Waals surface area contributed by atoms with E-state index >= 15 is 0 Å². The van der Waals surface area contributed by atoms with Gasteiger partial charge in [0.1, 0.15) is 5.39 Å². The minimum absolute atomic E-state index is 0.00848. The van der Waals surface area contributed by atoms with Gasteiger partial charge in [-0.1, -0.05) is 30.0 Å². The standard InChI is InChI=1S/C19H21N5O4S2/c1-2-23(14-8-9-30(27,28)12-14)16(25)11-29-19-21-17-15(18(26)22-19)10-20-24(17)13-6-4-3-5-7-13/h3-7,10,14H,2,8-9,11-12H2,1H3,(H,21,22,26). The molecule has 1 amide bonds. The Morgan fingerprint density at radius 3 is 2.77 bits per heavy atom. The van der Waals surface area contributed by atoms with E-state index in [1.54, 1.807) is 9.58 Å². The third-order valence-electron chi connectivity index (χ3n) is 5.06. The van der Waals surface area contributed by atoms with Crippen LogP contribution in [0, 0.1) is 0 Å². The van der Waals surface area contributed by atoms with Crippen molar-refractivity contribution < 1.29 is 13.2 Å². The van der Waals surface area contributed by atoms with Crippen molar-refractivity contribution >= 4 is 38.5 Å². The summed E-state index contributed by atoms with van der Waals surface area (Å²) in [7, 11) is -3.08. The molecule has 0 radical (unpaired) electrons. The lowest BCUT2D eigenvalue weighted by molar-refractivity contribution is -0.129. The first-order valence-corrected chi connectivity index (χ1v) is 12.3. The maximum Gasteiger partial charge on any atom is 0.262 e. The van der Waals surface area contributed by atoms with Gasteiger partial charge in [-0.25, -0.2) is 18.1 Å². The van der Waals surface area contributed by atoms with E-state index in [4.69, 9.17) is 0 Å². The predicted molar refractivity (Wildman–Crippen MR) is 115 cm³/mol. The van der Waals surface area contributed by atoms with Gasteiger partial charge in [-0.05, 0) is 25.5 Å². The summed E-state index contributed by atoms with van der Waals surface area (Å²) in [6.45, 7) is 2.27. The summed E-state index contributed by atoms with van der Waals surface area (Å²) >= 11 is 1.12. The molecule has 4 rings (SSSR count). The zero-order chi connectivity index (χ0) is 21.3. The molecular weight excluding hydrogens is 426 g/mol. The highest BCUT2D eigenvalue weighted by molar-refractivity contribution is 7.99. The molecule has 1 saturated heterocycles. The summed E-state index contributed by atoms with van der Waals surface area (Å²) in [6, 6.07) is 9.06. The molecular formula is C19H21N5O4S2. The van der Waals surface area contributed by atoms with Crippen LogP contribution in [0.2, 0.25) is 0 Å². The van der Waals surface area contributed by atoms with Crippen LogP contribution in [-0.2, 0) is 14.6 Å². The molecule has 30 heavy (non-hydrogen) atoms. The van der Waals surface area contributed by atoms with Crippen LogP contribution in [0.4, 0.5) is 0 Å². The molecule has 1 aliphatic rings. The van der Waals surface area contributed by atoms with Crippen LogP contribution >= 0.6 is 11.8 Å². The zero-order valence-corrected chi connectivity index (χ0v) is 17.9. The van der Waals surface area contributed by atoms with E-state index in [9.17, 15) is 18.0 Å². The fraction of sp³-hybridized carbons (Fsp3) is 0.368. The van der Waals surface area contributed by atoms with E-state index < -0.39 is 9.84 Å². The SMILES string of the molecule is CCN(C(=O)CSc1nc2c(cnn2-c2ccccc2)c(=O)[nH]1)C1CCS(=O)(=O)C1. The largest absolute Gasteiger partial charge is 0.338 e. The quantitative estimate of drug-likeness (QED) is 0.446. The third-order valence-corrected chi connectivity index (χ3v) is 7.67. The van der Waals surface area contributed by atoms with Crippen LogP contribution in [0.15, 0.2) is 46.5 Å². The summed E-state index contributed by atoms with van der Waals surface area (Å²) in [6.07, 6.45) is 1.93. The molecule has 158 valence electrons. The lowest BCUT2D eigenvalue weighted by Crippen LogP contribution is -2.42. The van der Waals surface area contributed by atoms with Crippen LogP contribution in [0.3, 0.4) is 0 Å². The van der Waals surface area contributed by atoms with Gasteiger partial charge in [0.05, 0.1) is 29.1 Å². The highest BCUT2D eigenvalue weighted by atomic mass is 32.2. The second kappa shape index (κ2) is 8.23. The lowest BCUT2D eigenvalue weighted by Gasteiger charge is -2.26. The van der Waals surface area contributed by atoms with E-state index in [1.165, 1.54) is 6.20 Å². The topological polar surface area (TPSA) is 118 Å². The second-order valence-electron chi connectivity index (χ2n) is 7.03. The fourth-order valence-corrected chi connectivity index (χ4v) is 6.07. The van der Waals surface area contributed by atoms with Crippen LogP contribution in [0.5, 0.6) is 0 Å². The Balaban J connectivity index is 1.54. The molecule has 1 N–H and O–H groups in total. The number of aromatic amines is 1. The molecule has 0 spiro atoms. The number of aromatic nitrogens is 4. The summed E-state index contributed by atoms with van der Waals surface area (Å²) in [5.41, 5.74) is 0.859. The van der Waals surface area contributed by atoms with E-state index in [1.807, 2.05) is 37.3 Å². The number of sulfone groups is 1. The molecule has 9 nitrogen and oxygen atoms in total. The summed E-state index contributed by atoms with van der Waals surface area (Å²) < 4.78 is 25.1. The number of amides is 1. The molecule has 1 fully saturated rings. The number of nitrogens with zero attached hydrogens (tertiary/aromatic N) is 4. The molecule has 0 saturated carbocycles. The zero-order valence-electron chi connectivity index (χ0n) is 16.3. The minimum Gasteiger partial charge on any atom is -0.338 e. The Bertz CT molecular complexity index is 1240. The Morgan fingerprint density at radius 1 is 1.33 bits per heavy atom. The Kier molecular flexibility index (Phi) is 5.65. The highest BCUT2D eigenvalue weighted by Crippen LogP contribution is 2.21. The molecule has 1 aliphatic heterocycles. The number of hydrogen-bond acceptors (Lipinski definition) is 7. The Labute approximate surface area is 177 Å². The van der Waals surface area contributed by atoms with Crippen molar-refractivity contribution in [2.45, 2.75) is 24.5 Å². The summed E-state index contributed by atoms with van der Waals surface area (Å²) in [4.78, 5) is 33.9. The lowest BCUT2D eigenvalue weighted by atomic mass is 10.2. The van der Waals surface area contributed by atoms with Gasteiger partial charge in [-0.2, -0.15) is 5.10 Å². The van der Waals surface area contributed by atoms with Crippen LogP contribution in [0.1, 0.15) is 13.3 Å². The van der Waals surface area contributed by atoms with Crippen LogP contribution in [-0.4, -0.2) is 68.8 Å². The highest BCUT2D eigenvalue weighted by Gasteiger charge is 2.33. The van der Waals surface area contributed by atoms with Gasteiger partial charge < -0.3 is 9.88 Å². The van der Waals surface area contributed by atoms with Crippen molar-refractivity contribution in [2.75, 3.05) is 23.8 Å². The van der Waals surface area contributed by atoms with Crippen LogP contribution in [0.25, 0.3) is 16.7 Å². The van der Waals surface area contributed by atoms with Crippen molar-refractivity contribution in [3.8, 4) is 5.69 Å². The van der Waals surface area contributed by atoms with Gasteiger partial charge in [-0.3, -0.25) is 9.59 Å². The molecule has 3 aromatic rings. The molecule has 0 aliphatic carbocycles.